The van der Waals surface area contributed by atoms with Crippen LogP contribution in [0.4, 0.5) is 5.13 Å². The van der Waals surface area contributed by atoms with Crippen molar-refractivity contribution in [2.24, 2.45) is 0 Å². The van der Waals surface area contributed by atoms with Crippen LogP contribution in [0.25, 0.3) is 4.96 Å². The largest absolute Gasteiger partial charge is 0.379 e. The summed E-state index contributed by atoms with van der Waals surface area (Å²) in [5.74, 6) is 0. The highest BCUT2D eigenvalue weighted by atomic mass is 32.1. The monoisotopic (exact) mass is 388 g/mol. The lowest BCUT2D eigenvalue weighted by atomic mass is 10.1. The predicted octanol–water partition coefficient (Wildman–Crippen LogP) is 2.88. The molecule has 0 radical (unpaired) electrons. The lowest BCUT2D eigenvalue weighted by Crippen LogP contribution is -2.15. The number of fused-ring (bicyclic) bond motifs is 1. The van der Waals surface area contributed by atoms with Gasteiger partial charge in [-0.05, 0) is 24.5 Å². The molecule has 0 atom stereocenters. The van der Waals surface area contributed by atoms with Crippen LogP contribution in [0.1, 0.15) is 30.7 Å². The molecule has 2 heterocycles. The van der Waals surface area contributed by atoms with Crippen molar-refractivity contribution in [3.8, 4) is 0 Å². The standard InChI is InChI=1S/C19H24N4O3S/c1-3-16-11-17(24)23-19(21-16)27-18(22-23)20-12-14-6-5-7-15(10-14)13-26-9-8-25-4-2/h5-7,10-11H,3-4,8-9,12-13H2,1-2H3,(H,20,22). The summed E-state index contributed by atoms with van der Waals surface area (Å²) in [4.78, 5) is 17.1. The number of ether oxygens (including phenoxy) is 2. The van der Waals surface area contributed by atoms with Crippen LogP contribution in [0.3, 0.4) is 0 Å². The highest BCUT2D eigenvalue weighted by Crippen LogP contribution is 2.18. The zero-order valence-electron chi connectivity index (χ0n) is 15.6. The first-order valence-electron chi connectivity index (χ1n) is 9.06. The number of benzene rings is 1. The summed E-state index contributed by atoms with van der Waals surface area (Å²) >= 11 is 1.38. The first-order chi connectivity index (χ1) is 13.2. The third-order valence-corrected chi connectivity index (χ3v) is 4.81. The summed E-state index contributed by atoms with van der Waals surface area (Å²) in [6, 6.07) is 9.73. The summed E-state index contributed by atoms with van der Waals surface area (Å²) in [6.45, 7) is 7.02. The van der Waals surface area contributed by atoms with E-state index in [2.05, 4.69) is 21.5 Å². The van der Waals surface area contributed by atoms with E-state index in [4.69, 9.17) is 9.47 Å². The summed E-state index contributed by atoms with van der Waals surface area (Å²) in [5, 5.41) is 8.26. The molecule has 3 aromatic rings. The van der Waals surface area contributed by atoms with Gasteiger partial charge in [-0.3, -0.25) is 4.79 Å². The van der Waals surface area contributed by atoms with E-state index in [-0.39, 0.29) is 5.56 Å². The summed E-state index contributed by atoms with van der Waals surface area (Å²) in [6.07, 6.45) is 0.728. The Morgan fingerprint density at radius 2 is 1.96 bits per heavy atom. The fourth-order valence-electron chi connectivity index (χ4n) is 2.57. The Hall–Kier alpha value is -2.29. The van der Waals surface area contributed by atoms with Gasteiger partial charge in [-0.25, -0.2) is 4.98 Å². The van der Waals surface area contributed by atoms with Gasteiger partial charge in [0.25, 0.3) is 5.56 Å². The maximum atomic E-state index is 12.1. The zero-order valence-corrected chi connectivity index (χ0v) is 16.4. The fourth-order valence-corrected chi connectivity index (χ4v) is 3.39. The van der Waals surface area contributed by atoms with Crippen LogP contribution < -0.4 is 10.9 Å². The molecule has 8 heteroatoms. The van der Waals surface area contributed by atoms with E-state index < -0.39 is 0 Å². The van der Waals surface area contributed by atoms with E-state index >= 15 is 0 Å². The second-order valence-electron chi connectivity index (χ2n) is 5.96. The van der Waals surface area contributed by atoms with E-state index in [0.717, 1.165) is 23.2 Å². The molecule has 0 saturated heterocycles. The van der Waals surface area contributed by atoms with Gasteiger partial charge >= 0.3 is 0 Å². The average molecular weight is 388 g/mol. The zero-order chi connectivity index (χ0) is 19.1. The minimum atomic E-state index is -0.146. The smallest absolute Gasteiger partial charge is 0.275 e. The van der Waals surface area contributed by atoms with Crippen molar-refractivity contribution in [3.63, 3.8) is 0 Å². The van der Waals surface area contributed by atoms with Crippen molar-refractivity contribution in [1.82, 2.24) is 14.6 Å². The molecule has 0 spiro atoms. The quantitative estimate of drug-likeness (QED) is 0.538. The van der Waals surface area contributed by atoms with Gasteiger partial charge in [-0.15, -0.1) is 5.10 Å². The first kappa shape index (κ1) is 19.5. The molecule has 3 rings (SSSR count). The van der Waals surface area contributed by atoms with Crippen molar-refractivity contribution >= 4 is 21.4 Å². The molecule has 0 saturated carbocycles. The number of hydrogen-bond acceptors (Lipinski definition) is 7. The summed E-state index contributed by atoms with van der Waals surface area (Å²) < 4.78 is 12.2. The molecule has 1 aromatic carbocycles. The fraction of sp³-hybridized carbons (Fsp3) is 0.421. The average Bonchev–Trinajstić information content (AvgIpc) is 3.10. The Morgan fingerprint density at radius 1 is 1.15 bits per heavy atom. The minimum absolute atomic E-state index is 0.146. The van der Waals surface area contributed by atoms with Crippen LogP contribution in [0, 0.1) is 0 Å². The third kappa shape index (κ3) is 5.35. The minimum Gasteiger partial charge on any atom is -0.379 e. The maximum Gasteiger partial charge on any atom is 0.275 e. The van der Waals surface area contributed by atoms with Crippen LogP contribution in [0.15, 0.2) is 35.1 Å². The molecule has 27 heavy (non-hydrogen) atoms. The second kappa shape index (κ2) is 9.59. The first-order valence-corrected chi connectivity index (χ1v) is 9.88. The highest BCUT2D eigenvalue weighted by Gasteiger charge is 2.08. The second-order valence-corrected chi connectivity index (χ2v) is 6.92. The van der Waals surface area contributed by atoms with Gasteiger partial charge in [0.05, 0.1) is 19.8 Å². The normalized spacial score (nSPS) is 11.2. The van der Waals surface area contributed by atoms with Gasteiger partial charge in [0.15, 0.2) is 0 Å². The number of anilines is 1. The number of hydrogen-bond donors (Lipinski definition) is 1. The molecule has 0 unspecified atom stereocenters. The molecule has 2 aromatic heterocycles. The van der Waals surface area contributed by atoms with Crippen LogP contribution in [0.2, 0.25) is 0 Å². The van der Waals surface area contributed by atoms with E-state index in [1.807, 2.05) is 32.0 Å². The highest BCUT2D eigenvalue weighted by molar-refractivity contribution is 7.20. The Morgan fingerprint density at radius 3 is 2.78 bits per heavy atom. The summed E-state index contributed by atoms with van der Waals surface area (Å²) in [7, 11) is 0. The molecular weight excluding hydrogens is 364 g/mol. The van der Waals surface area contributed by atoms with Crippen LogP contribution in [0.5, 0.6) is 0 Å². The number of rotatable bonds is 10. The lowest BCUT2D eigenvalue weighted by Gasteiger charge is -2.07. The maximum absolute atomic E-state index is 12.1. The molecule has 144 valence electrons. The molecule has 7 nitrogen and oxygen atoms in total. The molecule has 0 bridgehead atoms. The Kier molecular flexibility index (Phi) is 6.92. The van der Waals surface area contributed by atoms with E-state index in [1.165, 1.54) is 21.9 Å². The van der Waals surface area contributed by atoms with E-state index in [9.17, 15) is 4.79 Å². The van der Waals surface area contributed by atoms with Gasteiger partial charge < -0.3 is 14.8 Å². The molecule has 1 N–H and O–H groups in total. The van der Waals surface area contributed by atoms with Crippen molar-refractivity contribution in [2.45, 2.75) is 33.4 Å². The Labute approximate surface area is 162 Å². The van der Waals surface area contributed by atoms with Crippen LogP contribution in [-0.2, 0) is 29.0 Å². The van der Waals surface area contributed by atoms with Gasteiger partial charge in [0, 0.05) is 24.9 Å². The molecule has 0 amide bonds. The lowest BCUT2D eigenvalue weighted by molar-refractivity contribution is 0.0453. The van der Waals surface area contributed by atoms with Gasteiger partial charge in [0.1, 0.15) is 0 Å². The van der Waals surface area contributed by atoms with Crippen LogP contribution >= 0.6 is 11.3 Å². The van der Waals surface area contributed by atoms with Crippen molar-refractivity contribution in [3.05, 3.63) is 57.5 Å². The molecule has 0 fully saturated rings. The molecule has 0 aliphatic heterocycles. The molecule has 0 aliphatic carbocycles. The number of aryl methyl sites for hydroxylation is 1. The van der Waals surface area contributed by atoms with E-state index in [0.29, 0.717) is 43.1 Å². The topological polar surface area (TPSA) is 77.8 Å². The SMILES string of the molecule is CCOCCOCc1cccc(CNc2nn3c(=O)cc(CC)nc3s2)c1. The van der Waals surface area contributed by atoms with Gasteiger partial charge in [-0.1, -0.05) is 42.5 Å². The van der Waals surface area contributed by atoms with Crippen molar-refractivity contribution < 1.29 is 9.47 Å². The van der Waals surface area contributed by atoms with Gasteiger partial charge in [0.2, 0.25) is 10.1 Å². The number of aromatic nitrogens is 3. The molecular formula is C19H24N4O3S. The van der Waals surface area contributed by atoms with Crippen LogP contribution in [-0.4, -0.2) is 34.4 Å². The van der Waals surface area contributed by atoms with Gasteiger partial charge in [-0.2, -0.15) is 4.52 Å². The number of nitrogens with zero attached hydrogens (tertiary/aromatic N) is 3. The van der Waals surface area contributed by atoms with Crippen molar-refractivity contribution in [1.29, 1.82) is 0 Å². The van der Waals surface area contributed by atoms with E-state index in [1.54, 1.807) is 0 Å². The predicted molar refractivity (Wildman–Crippen MR) is 106 cm³/mol. The Bertz CT molecular complexity index is 938. The molecule has 0 aliphatic rings. The van der Waals surface area contributed by atoms with Crippen molar-refractivity contribution in [2.75, 3.05) is 25.1 Å². The number of nitrogens with one attached hydrogen (secondary N) is 1. The summed E-state index contributed by atoms with van der Waals surface area (Å²) in [5.41, 5.74) is 2.87. The third-order valence-electron chi connectivity index (χ3n) is 3.94. The Balaban J connectivity index is 1.60.